The molecule has 0 aromatic rings. The minimum absolute atomic E-state index is 0. The summed E-state index contributed by atoms with van der Waals surface area (Å²) in [5.41, 5.74) is 2.46. The summed E-state index contributed by atoms with van der Waals surface area (Å²) in [4.78, 5) is 0. The van der Waals surface area contributed by atoms with Gasteiger partial charge in [-0.1, -0.05) is 18.9 Å². The fourth-order valence-electron chi connectivity index (χ4n) is 1.97. The van der Waals surface area contributed by atoms with Crippen molar-refractivity contribution in [1.82, 2.24) is 0 Å². The van der Waals surface area contributed by atoms with Crippen LogP contribution in [0.5, 0.6) is 0 Å². The van der Waals surface area contributed by atoms with E-state index >= 15 is 0 Å². The smallest absolute Gasteiger partial charge is 1.00 e. The zero-order chi connectivity index (χ0) is 13.0. The third kappa shape index (κ3) is 7.99. The van der Waals surface area contributed by atoms with E-state index in [4.69, 9.17) is 9.16 Å². The molecule has 2 rings (SSSR count). The maximum absolute atomic E-state index is 5.82. The van der Waals surface area contributed by atoms with Crippen LogP contribution in [0.15, 0.2) is 41.2 Å². The minimum Gasteiger partial charge on any atom is -1.00 e. The Hall–Kier alpha value is 0.400. The van der Waals surface area contributed by atoms with E-state index in [1.54, 1.807) is 0 Å². The van der Waals surface area contributed by atoms with Crippen molar-refractivity contribution in [3.05, 3.63) is 47.3 Å². The SMILES string of the molecule is C[Si](C)(C)OCCOC1=C(C2=[C-]CC=C2)CC=C1.[Cl-].[Cl-].[Zr+3]. The summed E-state index contributed by atoms with van der Waals surface area (Å²) in [6.07, 6.45) is 13.7. The topological polar surface area (TPSA) is 18.5 Å². The summed E-state index contributed by atoms with van der Waals surface area (Å²) in [6.45, 7) is 7.88. The van der Waals surface area contributed by atoms with Gasteiger partial charge in [-0.3, -0.25) is 0 Å². The van der Waals surface area contributed by atoms with Crippen LogP contribution in [0.3, 0.4) is 0 Å². The second kappa shape index (κ2) is 11.0. The second-order valence-corrected chi connectivity index (χ2v) is 9.97. The molecule has 115 valence electrons. The summed E-state index contributed by atoms with van der Waals surface area (Å²) >= 11 is 0. The molecule has 0 amide bonds. The summed E-state index contributed by atoms with van der Waals surface area (Å²) in [5.74, 6) is 0.989. The van der Waals surface area contributed by atoms with Gasteiger partial charge in [-0.2, -0.15) is 17.7 Å². The normalized spacial score (nSPS) is 16.0. The monoisotopic (exact) mass is 421 g/mol. The molecular formula is C15H21Cl2O2SiZr. The Morgan fingerprint density at radius 2 is 1.81 bits per heavy atom. The molecule has 1 radical (unpaired) electrons. The molecular weight excluding hydrogens is 402 g/mol. The molecule has 2 aliphatic rings. The van der Waals surface area contributed by atoms with Crippen LogP contribution in [0, 0.1) is 6.08 Å². The fourth-order valence-corrected chi connectivity index (χ4v) is 2.67. The van der Waals surface area contributed by atoms with E-state index in [-0.39, 0.29) is 51.0 Å². The maximum Gasteiger partial charge on any atom is 3.00 e. The average molecular weight is 424 g/mol. The van der Waals surface area contributed by atoms with Crippen LogP contribution in [-0.2, 0) is 35.4 Å². The molecule has 0 N–H and O–H groups in total. The Bertz CT molecular complexity index is 437. The van der Waals surface area contributed by atoms with Crippen molar-refractivity contribution in [2.24, 2.45) is 0 Å². The van der Waals surface area contributed by atoms with E-state index in [1.807, 2.05) is 0 Å². The molecule has 0 aromatic carbocycles. The first-order chi connectivity index (χ1) is 8.56. The van der Waals surface area contributed by atoms with Crippen molar-refractivity contribution in [3.63, 3.8) is 0 Å². The van der Waals surface area contributed by atoms with Crippen molar-refractivity contribution < 1.29 is 60.2 Å². The van der Waals surface area contributed by atoms with Crippen LogP contribution >= 0.6 is 0 Å². The minimum atomic E-state index is -1.42. The van der Waals surface area contributed by atoms with Crippen LogP contribution in [0.1, 0.15) is 12.8 Å². The van der Waals surface area contributed by atoms with E-state index in [0.29, 0.717) is 13.2 Å². The second-order valence-electron chi connectivity index (χ2n) is 5.46. The molecule has 0 heterocycles. The summed E-state index contributed by atoms with van der Waals surface area (Å²) in [5, 5.41) is 0. The number of hydrogen-bond acceptors (Lipinski definition) is 2. The van der Waals surface area contributed by atoms with E-state index in [1.165, 1.54) is 11.1 Å². The predicted molar refractivity (Wildman–Crippen MR) is 76.5 cm³/mol. The Morgan fingerprint density at radius 1 is 1.10 bits per heavy atom. The zero-order valence-corrected chi connectivity index (χ0v) is 17.7. The molecule has 6 heteroatoms. The van der Waals surface area contributed by atoms with Crippen LogP contribution < -0.4 is 24.8 Å². The Morgan fingerprint density at radius 3 is 2.38 bits per heavy atom. The molecule has 0 aliphatic heterocycles. The van der Waals surface area contributed by atoms with Gasteiger partial charge >= 0.3 is 26.2 Å². The van der Waals surface area contributed by atoms with Crippen molar-refractivity contribution in [3.8, 4) is 0 Å². The standard InChI is InChI=1S/C15H21O2Si.2ClH.Zr/c1-18(2,3)17-12-11-16-15-10-6-9-14(15)13-7-4-5-8-13;;;/h4,6-7,10H,5,9,11-12H2,1-3H3;2*1H;/q-1;;;+3/p-2. The van der Waals surface area contributed by atoms with Crippen LogP contribution in [0.4, 0.5) is 0 Å². The first-order valence-electron chi connectivity index (χ1n) is 6.50. The maximum atomic E-state index is 5.82. The molecule has 2 aliphatic carbocycles. The van der Waals surface area contributed by atoms with Gasteiger partial charge in [-0.25, -0.2) is 0 Å². The largest absolute Gasteiger partial charge is 3.00 e. The van der Waals surface area contributed by atoms with E-state index in [9.17, 15) is 0 Å². The Balaban J connectivity index is 0. The number of ether oxygens (including phenoxy) is 1. The van der Waals surface area contributed by atoms with Crippen LogP contribution in [-0.4, -0.2) is 21.5 Å². The van der Waals surface area contributed by atoms with E-state index < -0.39 is 8.32 Å². The Labute approximate surface area is 160 Å². The first kappa shape index (κ1) is 23.7. The third-order valence-corrected chi connectivity index (χ3v) is 3.85. The van der Waals surface area contributed by atoms with Gasteiger partial charge in [0.25, 0.3) is 0 Å². The molecule has 0 saturated heterocycles. The molecule has 2 nitrogen and oxygen atoms in total. The molecule has 0 saturated carbocycles. The summed E-state index contributed by atoms with van der Waals surface area (Å²) < 4.78 is 11.6. The zero-order valence-electron chi connectivity index (χ0n) is 12.7. The molecule has 0 unspecified atom stereocenters. The van der Waals surface area contributed by atoms with Gasteiger partial charge in [0.2, 0.25) is 0 Å². The number of allylic oxidation sites excluding steroid dienone is 7. The molecule has 0 spiro atoms. The van der Waals surface area contributed by atoms with Gasteiger partial charge in [0.15, 0.2) is 8.32 Å². The summed E-state index contributed by atoms with van der Waals surface area (Å²) in [6, 6.07) is 0. The van der Waals surface area contributed by atoms with Gasteiger partial charge < -0.3 is 34.0 Å². The summed E-state index contributed by atoms with van der Waals surface area (Å²) in [7, 11) is -1.42. The van der Waals surface area contributed by atoms with Gasteiger partial charge in [0.1, 0.15) is 6.61 Å². The van der Waals surface area contributed by atoms with Crippen LogP contribution in [0.25, 0.3) is 0 Å². The van der Waals surface area contributed by atoms with Gasteiger partial charge in [-0.15, -0.1) is 11.6 Å². The molecule has 0 bridgehead atoms. The quantitative estimate of drug-likeness (QED) is 0.273. The molecule has 0 atom stereocenters. The number of hydrogen-bond donors (Lipinski definition) is 0. The van der Waals surface area contributed by atoms with Crippen molar-refractivity contribution in [2.75, 3.05) is 13.2 Å². The molecule has 0 fully saturated rings. The third-order valence-electron chi connectivity index (χ3n) is 2.78. The van der Waals surface area contributed by atoms with Gasteiger partial charge in [0, 0.05) is 0 Å². The average Bonchev–Trinajstić information content (AvgIpc) is 2.93. The van der Waals surface area contributed by atoms with Crippen molar-refractivity contribution >= 4 is 8.32 Å². The molecule has 0 aromatic heterocycles. The van der Waals surface area contributed by atoms with Crippen LogP contribution in [0.2, 0.25) is 19.6 Å². The first-order valence-corrected chi connectivity index (χ1v) is 9.91. The number of rotatable bonds is 6. The molecule has 21 heavy (non-hydrogen) atoms. The number of halogens is 2. The van der Waals surface area contributed by atoms with E-state index in [0.717, 1.165) is 18.6 Å². The fraction of sp³-hybridized carbons (Fsp3) is 0.467. The van der Waals surface area contributed by atoms with E-state index in [2.05, 4.69) is 50.0 Å². The van der Waals surface area contributed by atoms with Gasteiger partial charge in [-0.05, 0) is 25.7 Å². The van der Waals surface area contributed by atoms with Crippen molar-refractivity contribution in [2.45, 2.75) is 32.5 Å². The van der Waals surface area contributed by atoms with Crippen molar-refractivity contribution in [1.29, 1.82) is 0 Å². The predicted octanol–water partition coefficient (Wildman–Crippen LogP) is -2.24. The van der Waals surface area contributed by atoms with Gasteiger partial charge in [0.05, 0.1) is 12.4 Å². The Kier molecular flexibility index (Phi) is 12.4.